The normalized spacial score (nSPS) is 11.1. The molecule has 0 aliphatic heterocycles. The molecule has 23 heavy (non-hydrogen) atoms. The second-order valence-electron chi connectivity index (χ2n) is 5.13. The zero-order valence-corrected chi connectivity index (χ0v) is 12.6. The molecule has 0 saturated carbocycles. The number of para-hydroxylation sites is 1. The summed E-state index contributed by atoms with van der Waals surface area (Å²) in [6.07, 6.45) is -4.13. The van der Waals surface area contributed by atoms with Crippen LogP contribution in [-0.4, -0.2) is 19.5 Å². The van der Waals surface area contributed by atoms with Crippen LogP contribution in [0.15, 0.2) is 54.6 Å². The van der Waals surface area contributed by atoms with Gasteiger partial charge in [0.1, 0.15) is 0 Å². The highest BCUT2D eigenvalue weighted by atomic mass is 19.4. The van der Waals surface area contributed by atoms with E-state index in [4.69, 9.17) is 0 Å². The number of alkyl halides is 3. The lowest BCUT2D eigenvalue weighted by Gasteiger charge is -2.18. The molecule has 1 amide bonds. The first-order valence-corrected chi connectivity index (χ1v) is 7.09. The van der Waals surface area contributed by atoms with Gasteiger partial charge in [-0.25, -0.2) is 0 Å². The van der Waals surface area contributed by atoms with Crippen molar-refractivity contribution in [3.05, 3.63) is 60.2 Å². The standard InChI is InChI=1S/C17H17F3N2O/c1-22(15-5-3-2-4-6-15)12-11-16(23)21-14-9-7-13(8-10-14)17(18,19)20/h2-10H,11-12H2,1H3,(H,21,23). The Morgan fingerprint density at radius 2 is 1.65 bits per heavy atom. The van der Waals surface area contributed by atoms with Gasteiger partial charge in [0, 0.05) is 31.4 Å². The smallest absolute Gasteiger partial charge is 0.374 e. The number of benzene rings is 2. The number of carbonyl (C=O) groups excluding carboxylic acids is 1. The van der Waals surface area contributed by atoms with Gasteiger partial charge in [0.15, 0.2) is 0 Å². The third-order valence-electron chi connectivity index (χ3n) is 3.37. The van der Waals surface area contributed by atoms with Crippen molar-refractivity contribution in [3.63, 3.8) is 0 Å². The van der Waals surface area contributed by atoms with Crippen LogP contribution >= 0.6 is 0 Å². The van der Waals surface area contributed by atoms with Crippen molar-refractivity contribution in [2.45, 2.75) is 12.6 Å². The van der Waals surface area contributed by atoms with Gasteiger partial charge in [0.05, 0.1) is 5.56 Å². The highest BCUT2D eigenvalue weighted by Gasteiger charge is 2.29. The summed E-state index contributed by atoms with van der Waals surface area (Å²) in [4.78, 5) is 13.8. The highest BCUT2D eigenvalue weighted by Crippen LogP contribution is 2.29. The summed E-state index contributed by atoms with van der Waals surface area (Å²) in [5, 5.41) is 2.59. The van der Waals surface area contributed by atoms with E-state index in [1.807, 2.05) is 42.3 Å². The first kappa shape index (κ1) is 16.9. The molecule has 2 rings (SSSR count). The zero-order valence-electron chi connectivity index (χ0n) is 12.6. The maximum atomic E-state index is 12.5. The largest absolute Gasteiger partial charge is 0.416 e. The first-order chi connectivity index (χ1) is 10.9. The number of carbonyl (C=O) groups is 1. The van der Waals surface area contributed by atoms with E-state index in [1.165, 1.54) is 12.1 Å². The Bertz CT molecular complexity index is 639. The van der Waals surface area contributed by atoms with Crippen molar-refractivity contribution in [1.29, 1.82) is 0 Å². The molecule has 122 valence electrons. The van der Waals surface area contributed by atoms with E-state index >= 15 is 0 Å². The Morgan fingerprint density at radius 1 is 1.04 bits per heavy atom. The van der Waals surface area contributed by atoms with Crippen LogP contribution in [0.4, 0.5) is 24.5 Å². The van der Waals surface area contributed by atoms with E-state index in [0.717, 1.165) is 17.8 Å². The Labute approximate surface area is 132 Å². The number of nitrogens with zero attached hydrogens (tertiary/aromatic N) is 1. The third kappa shape index (κ3) is 5.02. The predicted octanol–water partition coefficient (Wildman–Crippen LogP) is 4.17. The molecule has 0 saturated heterocycles. The van der Waals surface area contributed by atoms with Crippen LogP contribution in [-0.2, 0) is 11.0 Å². The second-order valence-corrected chi connectivity index (χ2v) is 5.13. The lowest BCUT2D eigenvalue weighted by molar-refractivity contribution is -0.137. The van der Waals surface area contributed by atoms with E-state index < -0.39 is 11.7 Å². The van der Waals surface area contributed by atoms with E-state index in [1.54, 1.807) is 0 Å². The van der Waals surface area contributed by atoms with Crippen LogP contribution in [0, 0.1) is 0 Å². The fourth-order valence-electron chi connectivity index (χ4n) is 2.05. The van der Waals surface area contributed by atoms with E-state index in [0.29, 0.717) is 12.2 Å². The molecule has 0 fully saturated rings. The lowest BCUT2D eigenvalue weighted by Crippen LogP contribution is -2.23. The number of halogens is 3. The Kier molecular flexibility index (Phi) is 5.26. The number of hydrogen-bond donors (Lipinski definition) is 1. The quantitative estimate of drug-likeness (QED) is 0.896. The SMILES string of the molecule is CN(CCC(=O)Nc1ccc(C(F)(F)F)cc1)c1ccccc1. The summed E-state index contributed by atoms with van der Waals surface area (Å²) in [5.41, 5.74) is 0.611. The van der Waals surface area contributed by atoms with Gasteiger partial charge in [-0.15, -0.1) is 0 Å². The van der Waals surface area contributed by atoms with Crippen LogP contribution in [0.1, 0.15) is 12.0 Å². The Hall–Kier alpha value is -2.50. The fourth-order valence-corrected chi connectivity index (χ4v) is 2.05. The van der Waals surface area contributed by atoms with Gasteiger partial charge in [-0.05, 0) is 36.4 Å². The third-order valence-corrected chi connectivity index (χ3v) is 3.37. The van der Waals surface area contributed by atoms with Crippen molar-refractivity contribution in [1.82, 2.24) is 0 Å². The second kappa shape index (κ2) is 7.17. The van der Waals surface area contributed by atoms with Gasteiger partial charge in [-0.2, -0.15) is 13.2 Å². The van der Waals surface area contributed by atoms with Crippen LogP contribution in [0.5, 0.6) is 0 Å². The summed E-state index contributed by atoms with van der Waals surface area (Å²) in [6, 6.07) is 14.0. The number of hydrogen-bond acceptors (Lipinski definition) is 2. The molecule has 2 aromatic rings. The van der Waals surface area contributed by atoms with Gasteiger partial charge in [-0.3, -0.25) is 4.79 Å². The summed E-state index contributed by atoms with van der Waals surface area (Å²) in [5.74, 6) is -0.243. The lowest BCUT2D eigenvalue weighted by atomic mass is 10.2. The van der Waals surface area contributed by atoms with Crippen molar-refractivity contribution >= 4 is 17.3 Å². The van der Waals surface area contributed by atoms with Crippen LogP contribution in [0.3, 0.4) is 0 Å². The molecule has 2 aromatic carbocycles. The molecular formula is C17H17F3N2O. The molecule has 3 nitrogen and oxygen atoms in total. The summed E-state index contributed by atoms with van der Waals surface area (Å²) < 4.78 is 37.4. The van der Waals surface area contributed by atoms with Crippen LogP contribution in [0.25, 0.3) is 0 Å². The number of nitrogens with one attached hydrogen (secondary N) is 1. The molecule has 0 aromatic heterocycles. The number of rotatable bonds is 5. The summed E-state index contributed by atoms with van der Waals surface area (Å²) in [6.45, 7) is 0.510. The van der Waals surface area contributed by atoms with Crippen molar-refractivity contribution < 1.29 is 18.0 Å². The molecule has 0 unspecified atom stereocenters. The molecule has 0 atom stereocenters. The molecule has 0 aliphatic carbocycles. The maximum absolute atomic E-state index is 12.5. The van der Waals surface area contributed by atoms with Gasteiger partial charge < -0.3 is 10.2 Å². The summed E-state index contributed by atoms with van der Waals surface area (Å²) >= 11 is 0. The van der Waals surface area contributed by atoms with Crippen molar-refractivity contribution in [2.75, 3.05) is 23.8 Å². The first-order valence-electron chi connectivity index (χ1n) is 7.09. The minimum atomic E-state index is -4.37. The fraction of sp³-hybridized carbons (Fsp3) is 0.235. The topological polar surface area (TPSA) is 32.3 Å². The van der Waals surface area contributed by atoms with Gasteiger partial charge in [0.2, 0.25) is 5.91 Å². The average molecular weight is 322 g/mol. The molecule has 6 heteroatoms. The predicted molar refractivity (Wildman–Crippen MR) is 84.4 cm³/mol. The average Bonchev–Trinajstić information content (AvgIpc) is 2.53. The van der Waals surface area contributed by atoms with Crippen LogP contribution in [0.2, 0.25) is 0 Å². The Balaban J connectivity index is 1.85. The van der Waals surface area contributed by atoms with Gasteiger partial charge in [-0.1, -0.05) is 18.2 Å². The molecule has 0 heterocycles. The zero-order chi connectivity index (χ0) is 16.9. The van der Waals surface area contributed by atoms with Crippen molar-refractivity contribution in [3.8, 4) is 0 Å². The number of amides is 1. The molecule has 0 bridgehead atoms. The highest BCUT2D eigenvalue weighted by molar-refractivity contribution is 5.91. The van der Waals surface area contributed by atoms with Crippen LogP contribution < -0.4 is 10.2 Å². The monoisotopic (exact) mass is 322 g/mol. The molecule has 0 aliphatic rings. The van der Waals surface area contributed by atoms with E-state index in [2.05, 4.69) is 5.32 Å². The van der Waals surface area contributed by atoms with Crippen molar-refractivity contribution in [2.24, 2.45) is 0 Å². The number of anilines is 2. The maximum Gasteiger partial charge on any atom is 0.416 e. The van der Waals surface area contributed by atoms with E-state index in [9.17, 15) is 18.0 Å². The molecular weight excluding hydrogens is 305 g/mol. The molecule has 0 spiro atoms. The van der Waals surface area contributed by atoms with Gasteiger partial charge in [0.25, 0.3) is 0 Å². The van der Waals surface area contributed by atoms with E-state index in [-0.39, 0.29) is 12.3 Å². The van der Waals surface area contributed by atoms with Gasteiger partial charge >= 0.3 is 6.18 Å². The summed E-state index contributed by atoms with van der Waals surface area (Å²) in [7, 11) is 1.88. The minimum absolute atomic E-state index is 0.242. The Morgan fingerprint density at radius 3 is 2.22 bits per heavy atom. The minimum Gasteiger partial charge on any atom is -0.374 e. The molecule has 0 radical (unpaired) electrons. The molecule has 1 N–H and O–H groups in total.